The van der Waals surface area contributed by atoms with Crippen LogP contribution in [-0.4, -0.2) is 29.6 Å². The lowest BCUT2D eigenvalue weighted by Crippen LogP contribution is -2.23. The average Bonchev–Trinajstić information content (AvgIpc) is 2.88. The predicted molar refractivity (Wildman–Crippen MR) is 85.3 cm³/mol. The maximum absolute atomic E-state index is 2.62. The zero-order valence-electron chi connectivity index (χ0n) is 12.8. The molecule has 0 saturated carbocycles. The second kappa shape index (κ2) is 9.25. The van der Waals surface area contributed by atoms with Crippen molar-refractivity contribution in [3.05, 3.63) is 0 Å². The van der Waals surface area contributed by atoms with E-state index in [1.807, 2.05) is 0 Å². The first-order valence-electron chi connectivity index (χ1n) is 8.00. The van der Waals surface area contributed by atoms with E-state index in [-0.39, 0.29) is 0 Å². The minimum absolute atomic E-state index is 0.612. The van der Waals surface area contributed by atoms with Gasteiger partial charge in [0.1, 0.15) is 0 Å². The SMILES string of the molecule is CCCCCCC(C)(CC)CCCN1CCSC1. The molecular weight excluding hydrogens is 238 g/mol. The van der Waals surface area contributed by atoms with Crippen LogP contribution in [0.1, 0.15) is 72.1 Å². The summed E-state index contributed by atoms with van der Waals surface area (Å²) in [6, 6.07) is 0. The fourth-order valence-electron chi connectivity index (χ4n) is 2.81. The van der Waals surface area contributed by atoms with Crippen LogP contribution in [0.4, 0.5) is 0 Å². The van der Waals surface area contributed by atoms with Crippen LogP contribution in [0.5, 0.6) is 0 Å². The van der Waals surface area contributed by atoms with Gasteiger partial charge in [-0.3, -0.25) is 4.90 Å². The van der Waals surface area contributed by atoms with Crippen LogP contribution in [0.25, 0.3) is 0 Å². The van der Waals surface area contributed by atoms with E-state index in [9.17, 15) is 0 Å². The molecule has 1 rings (SSSR count). The second-order valence-corrected chi connectivity index (χ2v) is 7.31. The van der Waals surface area contributed by atoms with E-state index in [1.54, 1.807) is 0 Å². The molecule has 1 heterocycles. The Morgan fingerprint density at radius 3 is 2.44 bits per heavy atom. The molecule has 1 saturated heterocycles. The van der Waals surface area contributed by atoms with Crippen molar-refractivity contribution in [2.75, 3.05) is 24.7 Å². The molecule has 0 aromatic rings. The normalized spacial score (nSPS) is 20.2. The van der Waals surface area contributed by atoms with Crippen molar-refractivity contribution in [1.29, 1.82) is 0 Å². The summed E-state index contributed by atoms with van der Waals surface area (Å²) in [6.45, 7) is 9.85. The van der Waals surface area contributed by atoms with E-state index < -0.39 is 0 Å². The Kier molecular flexibility index (Phi) is 8.41. The molecule has 1 fully saturated rings. The molecule has 0 spiro atoms. The molecule has 0 amide bonds. The van der Waals surface area contributed by atoms with Crippen molar-refractivity contribution in [2.24, 2.45) is 5.41 Å². The lowest BCUT2D eigenvalue weighted by Gasteiger charge is -2.29. The van der Waals surface area contributed by atoms with Gasteiger partial charge in [-0.25, -0.2) is 0 Å². The number of hydrogen-bond acceptors (Lipinski definition) is 2. The minimum atomic E-state index is 0.612. The van der Waals surface area contributed by atoms with Crippen LogP contribution in [0.15, 0.2) is 0 Å². The van der Waals surface area contributed by atoms with Crippen molar-refractivity contribution >= 4 is 11.8 Å². The quantitative estimate of drug-likeness (QED) is 0.505. The monoisotopic (exact) mass is 271 g/mol. The van der Waals surface area contributed by atoms with Gasteiger partial charge in [0, 0.05) is 18.2 Å². The molecule has 1 unspecified atom stereocenters. The molecule has 18 heavy (non-hydrogen) atoms. The largest absolute Gasteiger partial charge is 0.293 e. The topological polar surface area (TPSA) is 3.24 Å². The summed E-state index contributed by atoms with van der Waals surface area (Å²) in [7, 11) is 0. The maximum Gasteiger partial charge on any atom is 0.0445 e. The molecule has 1 nitrogen and oxygen atoms in total. The van der Waals surface area contributed by atoms with E-state index in [0.717, 1.165) is 0 Å². The molecule has 0 radical (unpaired) electrons. The zero-order chi connectivity index (χ0) is 13.3. The van der Waals surface area contributed by atoms with Crippen molar-refractivity contribution in [3.8, 4) is 0 Å². The Morgan fingerprint density at radius 1 is 1.06 bits per heavy atom. The van der Waals surface area contributed by atoms with Crippen LogP contribution in [0, 0.1) is 5.41 Å². The molecule has 0 N–H and O–H groups in total. The van der Waals surface area contributed by atoms with Gasteiger partial charge >= 0.3 is 0 Å². The lowest BCUT2D eigenvalue weighted by molar-refractivity contribution is 0.226. The standard InChI is InChI=1S/C16H33NS/c1-4-6-7-8-10-16(3,5-2)11-9-12-17-13-14-18-15-17/h4-15H2,1-3H3. The molecule has 0 aromatic carbocycles. The highest BCUT2D eigenvalue weighted by Gasteiger charge is 2.21. The highest BCUT2D eigenvalue weighted by molar-refractivity contribution is 7.99. The average molecular weight is 272 g/mol. The highest BCUT2D eigenvalue weighted by atomic mass is 32.2. The summed E-state index contributed by atoms with van der Waals surface area (Å²) in [5.74, 6) is 2.63. The van der Waals surface area contributed by atoms with Crippen molar-refractivity contribution < 1.29 is 0 Å². The van der Waals surface area contributed by atoms with Crippen LogP contribution < -0.4 is 0 Å². The number of nitrogens with zero attached hydrogens (tertiary/aromatic N) is 1. The first-order chi connectivity index (χ1) is 8.70. The van der Waals surface area contributed by atoms with Gasteiger partial charge in [0.15, 0.2) is 0 Å². The van der Waals surface area contributed by atoms with Gasteiger partial charge in [-0.05, 0) is 31.2 Å². The third kappa shape index (κ3) is 6.47. The summed E-state index contributed by atoms with van der Waals surface area (Å²) in [4.78, 5) is 2.62. The fraction of sp³-hybridized carbons (Fsp3) is 1.00. The van der Waals surface area contributed by atoms with Crippen LogP contribution >= 0.6 is 11.8 Å². The molecule has 108 valence electrons. The molecular formula is C16H33NS. The van der Waals surface area contributed by atoms with E-state index in [4.69, 9.17) is 0 Å². The van der Waals surface area contributed by atoms with Gasteiger partial charge in [-0.2, -0.15) is 0 Å². The van der Waals surface area contributed by atoms with Crippen LogP contribution in [0.2, 0.25) is 0 Å². The van der Waals surface area contributed by atoms with Gasteiger partial charge in [-0.1, -0.05) is 52.9 Å². The number of unbranched alkanes of at least 4 members (excludes halogenated alkanes) is 3. The van der Waals surface area contributed by atoms with Gasteiger partial charge < -0.3 is 0 Å². The minimum Gasteiger partial charge on any atom is -0.293 e. The maximum atomic E-state index is 2.62. The van der Waals surface area contributed by atoms with Crippen molar-refractivity contribution in [3.63, 3.8) is 0 Å². The first-order valence-corrected chi connectivity index (χ1v) is 9.16. The molecule has 0 aliphatic carbocycles. The molecule has 1 aliphatic rings. The smallest absolute Gasteiger partial charge is 0.0445 e. The van der Waals surface area contributed by atoms with Crippen LogP contribution in [-0.2, 0) is 0 Å². The summed E-state index contributed by atoms with van der Waals surface area (Å²) >= 11 is 2.09. The number of thioether (sulfide) groups is 1. The summed E-state index contributed by atoms with van der Waals surface area (Å²) < 4.78 is 0. The van der Waals surface area contributed by atoms with Crippen molar-refractivity contribution in [2.45, 2.75) is 72.1 Å². The Bertz CT molecular complexity index is 201. The summed E-state index contributed by atoms with van der Waals surface area (Å²) in [5, 5.41) is 0. The number of hydrogen-bond donors (Lipinski definition) is 0. The predicted octanol–water partition coefficient (Wildman–Crippen LogP) is 5.16. The summed E-state index contributed by atoms with van der Waals surface area (Å²) in [6.07, 6.45) is 11.3. The Labute approximate surface area is 119 Å². The lowest BCUT2D eigenvalue weighted by atomic mass is 9.78. The highest BCUT2D eigenvalue weighted by Crippen LogP contribution is 2.34. The second-order valence-electron chi connectivity index (χ2n) is 6.23. The third-order valence-corrected chi connectivity index (χ3v) is 5.59. The first kappa shape index (κ1) is 16.4. The molecule has 1 aliphatic heterocycles. The summed E-state index contributed by atoms with van der Waals surface area (Å²) in [5.41, 5.74) is 0.612. The van der Waals surface area contributed by atoms with Crippen LogP contribution in [0.3, 0.4) is 0 Å². The van der Waals surface area contributed by atoms with Gasteiger partial charge in [0.2, 0.25) is 0 Å². The molecule has 1 atom stereocenters. The van der Waals surface area contributed by atoms with E-state index in [2.05, 4.69) is 37.4 Å². The fourth-order valence-corrected chi connectivity index (χ4v) is 3.85. The molecule has 0 bridgehead atoms. The van der Waals surface area contributed by atoms with E-state index in [1.165, 1.54) is 76.1 Å². The molecule has 2 heteroatoms. The Balaban J connectivity index is 2.12. The molecule has 0 aromatic heterocycles. The van der Waals surface area contributed by atoms with E-state index in [0.29, 0.717) is 5.41 Å². The number of rotatable bonds is 10. The van der Waals surface area contributed by atoms with E-state index >= 15 is 0 Å². The Morgan fingerprint density at radius 2 is 1.83 bits per heavy atom. The van der Waals surface area contributed by atoms with Crippen molar-refractivity contribution in [1.82, 2.24) is 4.90 Å². The van der Waals surface area contributed by atoms with Gasteiger partial charge in [-0.15, -0.1) is 11.8 Å². The Hall–Kier alpha value is 0.310. The zero-order valence-corrected chi connectivity index (χ0v) is 13.7. The van der Waals surface area contributed by atoms with Gasteiger partial charge in [0.25, 0.3) is 0 Å². The third-order valence-electron chi connectivity index (χ3n) is 4.57. The van der Waals surface area contributed by atoms with Gasteiger partial charge in [0.05, 0.1) is 0 Å².